The Labute approximate surface area is 102 Å². The van der Waals surface area contributed by atoms with E-state index in [-0.39, 0.29) is 12.2 Å². The van der Waals surface area contributed by atoms with E-state index in [4.69, 9.17) is 8.85 Å². The zero-order valence-electron chi connectivity index (χ0n) is 11.5. The molecule has 2 unspecified atom stereocenters. The van der Waals surface area contributed by atoms with Crippen LogP contribution in [-0.2, 0) is 8.85 Å². The molecular formula is C12H26O2Si2. The van der Waals surface area contributed by atoms with Gasteiger partial charge in [0.15, 0.2) is 16.6 Å². The highest BCUT2D eigenvalue weighted by molar-refractivity contribution is 6.70. The van der Waals surface area contributed by atoms with Crippen molar-refractivity contribution in [2.45, 2.75) is 64.3 Å². The summed E-state index contributed by atoms with van der Waals surface area (Å²) in [5, 5.41) is 0. The molecule has 16 heavy (non-hydrogen) atoms. The molecule has 0 saturated heterocycles. The molecule has 94 valence electrons. The summed E-state index contributed by atoms with van der Waals surface area (Å²) in [7, 11) is -2.92. The van der Waals surface area contributed by atoms with Gasteiger partial charge in [-0.15, -0.1) is 0 Å². The van der Waals surface area contributed by atoms with E-state index in [0.717, 1.165) is 12.8 Å². The van der Waals surface area contributed by atoms with Crippen molar-refractivity contribution in [3.05, 3.63) is 12.2 Å². The van der Waals surface area contributed by atoms with E-state index in [0.29, 0.717) is 0 Å². The molecule has 0 aromatic carbocycles. The first-order valence-electron chi connectivity index (χ1n) is 6.18. The van der Waals surface area contributed by atoms with Gasteiger partial charge in [-0.25, -0.2) is 0 Å². The van der Waals surface area contributed by atoms with Crippen molar-refractivity contribution in [3.8, 4) is 0 Å². The molecule has 0 radical (unpaired) electrons. The molecule has 0 amide bonds. The Kier molecular flexibility index (Phi) is 4.57. The fourth-order valence-corrected chi connectivity index (χ4v) is 4.23. The SMILES string of the molecule is C[Si](C)(C)OC1CC=CCC1O[Si](C)(C)C. The molecule has 0 saturated carbocycles. The quantitative estimate of drug-likeness (QED) is 0.564. The van der Waals surface area contributed by atoms with Crippen LogP contribution in [0.15, 0.2) is 12.2 Å². The fourth-order valence-electron chi connectivity index (χ4n) is 1.92. The van der Waals surface area contributed by atoms with Crippen LogP contribution in [-0.4, -0.2) is 28.8 Å². The first-order chi connectivity index (χ1) is 7.17. The lowest BCUT2D eigenvalue weighted by Crippen LogP contribution is -2.45. The maximum atomic E-state index is 6.22. The van der Waals surface area contributed by atoms with Crippen LogP contribution in [0, 0.1) is 0 Å². The third-order valence-corrected chi connectivity index (χ3v) is 4.35. The van der Waals surface area contributed by atoms with Gasteiger partial charge >= 0.3 is 0 Å². The summed E-state index contributed by atoms with van der Waals surface area (Å²) in [4.78, 5) is 0. The Morgan fingerprint density at radius 3 is 1.31 bits per heavy atom. The maximum absolute atomic E-state index is 6.22. The van der Waals surface area contributed by atoms with E-state index in [2.05, 4.69) is 51.4 Å². The number of rotatable bonds is 4. The molecule has 2 atom stereocenters. The van der Waals surface area contributed by atoms with Crippen LogP contribution in [0.4, 0.5) is 0 Å². The zero-order valence-corrected chi connectivity index (χ0v) is 13.5. The minimum absolute atomic E-state index is 0.281. The Hall–Kier alpha value is 0.0938. The van der Waals surface area contributed by atoms with Gasteiger partial charge < -0.3 is 8.85 Å². The largest absolute Gasteiger partial charge is 0.412 e. The Balaban J connectivity index is 2.62. The van der Waals surface area contributed by atoms with E-state index < -0.39 is 16.6 Å². The van der Waals surface area contributed by atoms with E-state index in [1.165, 1.54) is 0 Å². The predicted molar refractivity (Wildman–Crippen MR) is 74.8 cm³/mol. The van der Waals surface area contributed by atoms with Crippen LogP contribution in [0.2, 0.25) is 39.3 Å². The number of hydrogen-bond donors (Lipinski definition) is 0. The van der Waals surface area contributed by atoms with Gasteiger partial charge in [-0.3, -0.25) is 0 Å². The standard InChI is InChI=1S/C12H26O2Si2/c1-15(2,3)13-11-9-7-8-10-12(11)14-16(4,5)6/h7-8,11-12H,9-10H2,1-6H3. The molecule has 1 aliphatic rings. The summed E-state index contributed by atoms with van der Waals surface area (Å²) in [6.45, 7) is 13.5. The molecule has 0 fully saturated rings. The first-order valence-corrected chi connectivity index (χ1v) is 13.0. The molecule has 2 nitrogen and oxygen atoms in total. The lowest BCUT2D eigenvalue weighted by atomic mass is 10.0. The van der Waals surface area contributed by atoms with Gasteiger partial charge in [-0.05, 0) is 52.1 Å². The van der Waals surface area contributed by atoms with Crippen LogP contribution in [0.25, 0.3) is 0 Å². The smallest absolute Gasteiger partial charge is 0.184 e. The molecular weight excluding hydrogens is 232 g/mol. The van der Waals surface area contributed by atoms with Crippen molar-refractivity contribution in [1.82, 2.24) is 0 Å². The summed E-state index contributed by atoms with van der Waals surface area (Å²) in [5.41, 5.74) is 0. The van der Waals surface area contributed by atoms with E-state index >= 15 is 0 Å². The topological polar surface area (TPSA) is 18.5 Å². The minimum Gasteiger partial charge on any atom is -0.412 e. The molecule has 0 heterocycles. The molecule has 4 heteroatoms. The van der Waals surface area contributed by atoms with Crippen LogP contribution in [0.1, 0.15) is 12.8 Å². The van der Waals surface area contributed by atoms with Gasteiger partial charge in [0.1, 0.15) is 0 Å². The van der Waals surface area contributed by atoms with Crippen molar-refractivity contribution < 1.29 is 8.85 Å². The number of hydrogen-bond acceptors (Lipinski definition) is 2. The van der Waals surface area contributed by atoms with Crippen molar-refractivity contribution in [3.63, 3.8) is 0 Å². The highest BCUT2D eigenvalue weighted by atomic mass is 28.4. The minimum atomic E-state index is -1.46. The van der Waals surface area contributed by atoms with E-state index in [9.17, 15) is 0 Å². The van der Waals surface area contributed by atoms with Gasteiger partial charge in [0, 0.05) is 0 Å². The average molecular weight is 259 g/mol. The lowest BCUT2D eigenvalue weighted by Gasteiger charge is -2.37. The monoisotopic (exact) mass is 258 g/mol. The summed E-state index contributed by atoms with van der Waals surface area (Å²) < 4.78 is 12.4. The lowest BCUT2D eigenvalue weighted by molar-refractivity contribution is 0.0429. The first kappa shape index (κ1) is 14.2. The molecule has 0 aromatic heterocycles. The fraction of sp³-hybridized carbons (Fsp3) is 0.833. The van der Waals surface area contributed by atoms with Gasteiger partial charge in [0.2, 0.25) is 0 Å². The maximum Gasteiger partial charge on any atom is 0.184 e. The van der Waals surface area contributed by atoms with Gasteiger partial charge in [0.05, 0.1) is 12.2 Å². The molecule has 0 N–H and O–H groups in total. The molecule has 0 spiro atoms. The van der Waals surface area contributed by atoms with Crippen molar-refractivity contribution in [1.29, 1.82) is 0 Å². The third kappa shape index (κ3) is 5.43. The second kappa shape index (κ2) is 5.16. The Morgan fingerprint density at radius 2 is 1.06 bits per heavy atom. The molecule has 0 bridgehead atoms. The normalized spacial score (nSPS) is 27.1. The third-order valence-electron chi connectivity index (χ3n) is 2.33. The molecule has 1 rings (SSSR count). The molecule has 0 aromatic rings. The van der Waals surface area contributed by atoms with Crippen LogP contribution in [0.5, 0.6) is 0 Å². The molecule has 0 aliphatic heterocycles. The summed E-state index contributed by atoms with van der Waals surface area (Å²) in [6.07, 6.45) is 7.05. The van der Waals surface area contributed by atoms with Crippen LogP contribution < -0.4 is 0 Å². The second-order valence-electron chi connectivity index (χ2n) is 6.48. The van der Waals surface area contributed by atoms with Crippen molar-refractivity contribution >= 4 is 16.6 Å². The van der Waals surface area contributed by atoms with E-state index in [1.807, 2.05) is 0 Å². The summed E-state index contributed by atoms with van der Waals surface area (Å²) >= 11 is 0. The average Bonchev–Trinajstić information content (AvgIpc) is 2.03. The second-order valence-corrected chi connectivity index (χ2v) is 15.4. The van der Waals surface area contributed by atoms with Gasteiger partial charge in [0.25, 0.3) is 0 Å². The molecule has 1 aliphatic carbocycles. The Morgan fingerprint density at radius 1 is 0.750 bits per heavy atom. The summed E-state index contributed by atoms with van der Waals surface area (Å²) in [6, 6.07) is 0. The van der Waals surface area contributed by atoms with Crippen LogP contribution >= 0.6 is 0 Å². The Bertz CT molecular complexity index is 225. The zero-order chi connectivity index (χ0) is 12.4. The van der Waals surface area contributed by atoms with Gasteiger partial charge in [-0.1, -0.05) is 12.2 Å². The highest BCUT2D eigenvalue weighted by Crippen LogP contribution is 2.24. The van der Waals surface area contributed by atoms with Crippen molar-refractivity contribution in [2.75, 3.05) is 0 Å². The van der Waals surface area contributed by atoms with E-state index in [1.54, 1.807) is 0 Å². The van der Waals surface area contributed by atoms with Crippen LogP contribution in [0.3, 0.4) is 0 Å². The van der Waals surface area contributed by atoms with Gasteiger partial charge in [-0.2, -0.15) is 0 Å². The highest BCUT2D eigenvalue weighted by Gasteiger charge is 2.32. The van der Waals surface area contributed by atoms with Crippen molar-refractivity contribution in [2.24, 2.45) is 0 Å². The predicted octanol–water partition coefficient (Wildman–Crippen LogP) is 3.78. The summed E-state index contributed by atoms with van der Waals surface area (Å²) in [5.74, 6) is 0.